The molecule has 0 aliphatic carbocycles. The molecule has 0 amide bonds. The first-order valence-electron chi connectivity index (χ1n) is 5.23. The molecule has 1 atom stereocenters. The summed E-state index contributed by atoms with van der Waals surface area (Å²) in [6.07, 6.45) is 10.6. The number of rotatable bonds is 7. The third-order valence-electron chi connectivity index (χ3n) is 1.63. The molecule has 90 valence electrons. The van der Waals surface area contributed by atoms with Crippen LogP contribution in [0.3, 0.4) is 0 Å². The maximum Gasteiger partial charge on any atom is 0.323 e. The minimum atomic E-state index is -0.884. The van der Waals surface area contributed by atoms with Gasteiger partial charge < -0.3 is 15.1 Å². The summed E-state index contributed by atoms with van der Waals surface area (Å²) in [5, 5.41) is 17.6. The van der Waals surface area contributed by atoms with E-state index in [4.69, 9.17) is 10.2 Å². The Balaban J connectivity index is 4.29. The number of allylic oxidation sites excluding steroid dienone is 3. The molecule has 0 aromatic heterocycles. The summed E-state index contributed by atoms with van der Waals surface area (Å²) in [4.78, 5) is 12.1. The zero-order valence-corrected chi connectivity index (χ0v) is 9.71. The van der Waals surface area contributed by atoms with Gasteiger partial charge in [-0.25, -0.2) is 0 Å². The first-order chi connectivity index (χ1) is 7.56. The van der Waals surface area contributed by atoms with E-state index in [2.05, 4.69) is 0 Å². The highest BCUT2D eigenvalue weighted by Crippen LogP contribution is 1.95. The van der Waals surface area contributed by atoms with Crippen LogP contribution in [0.4, 0.5) is 0 Å². The SMILES string of the molecule is CC/C=C/N(/C=C\C=C\C(C)O)CC(=O)O. The molecule has 0 saturated heterocycles. The van der Waals surface area contributed by atoms with Gasteiger partial charge in [-0.2, -0.15) is 0 Å². The molecule has 4 heteroatoms. The Bertz CT molecular complexity index is 280. The predicted octanol–water partition coefficient (Wildman–Crippen LogP) is 1.75. The zero-order valence-electron chi connectivity index (χ0n) is 9.71. The Morgan fingerprint density at radius 1 is 1.38 bits per heavy atom. The van der Waals surface area contributed by atoms with Crippen LogP contribution < -0.4 is 0 Å². The fraction of sp³-hybridized carbons (Fsp3) is 0.417. The van der Waals surface area contributed by atoms with Gasteiger partial charge in [0, 0.05) is 12.4 Å². The highest BCUT2D eigenvalue weighted by Gasteiger charge is 2.00. The second-order valence-corrected chi connectivity index (χ2v) is 3.33. The molecule has 0 aliphatic heterocycles. The summed E-state index contributed by atoms with van der Waals surface area (Å²) in [7, 11) is 0. The number of carbonyl (C=O) groups is 1. The molecule has 1 unspecified atom stereocenters. The lowest BCUT2D eigenvalue weighted by Crippen LogP contribution is -2.19. The van der Waals surface area contributed by atoms with Crippen LogP contribution in [0.25, 0.3) is 0 Å². The Hall–Kier alpha value is -1.55. The van der Waals surface area contributed by atoms with E-state index in [9.17, 15) is 4.79 Å². The predicted molar refractivity (Wildman–Crippen MR) is 63.7 cm³/mol. The number of aliphatic carboxylic acids is 1. The number of carboxylic acid groups (broad SMARTS) is 1. The van der Waals surface area contributed by atoms with Gasteiger partial charge in [-0.05, 0) is 19.4 Å². The minimum absolute atomic E-state index is 0.0739. The van der Waals surface area contributed by atoms with Crippen LogP contribution in [-0.2, 0) is 4.79 Å². The lowest BCUT2D eigenvalue weighted by atomic mass is 10.3. The van der Waals surface area contributed by atoms with Crippen LogP contribution >= 0.6 is 0 Å². The van der Waals surface area contributed by atoms with E-state index in [0.717, 1.165) is 6.42 Å². The lowest BCUT2D eigenvalue weighted by molar-refractivity contribution is -0.137. The molecule has 0 aliphatic rings. The van der Waals surface area contributed by atoms with Crippen LogP contribution in [-0.4, -0.2) is 33.7 Å². The third kappa shape index (κ3) is 9.02. The minimum Gasteiger partial charge on any atom is -0.480 e. The largest absolute Gasteiger partial charge is 0.480 e. The number of aliphatic hydroxyl groups excluding tert-OH is 1. The summed E-state index contributed by atoms with van der Waals surface area (Å²) in [6, 6.07) is 0. The number of aliphatic hydroxyl groups is 1. The van der Waals surface area contributed by atoms with Gasteiger partial charge in [-0.1, -0.05) is 25.2 Å². The Kier molecular flexibility index (Phi) is 7.89. The lowest BCUT2D eigenvalue weighted by Gasteiger charge is -2.11. The monoisotopic (exact) mass is 225 g/mol. The number of carboxylic acids is 1. The van der Waals surface area contributed by atoms with Crippen molar-refractivity contribution >= 4 is 5.97 Å². The average Bonchev–Trinajstić information content (AvgIpc) is 2.19. The van der Waals surface area contributed by atoms with Gasteiger partial charge in [0.1, 0.15) is 6.54 Å². The van der Waals surface area contributed by atoms with Crippen molar-refractivity contribution in [2.24, 2.45) is 0 Å². The third-order valence-corrected chi connectivity index (χ3v) is 1.63. The van der Waals surface area contributed by atoms with E-state index in [-0.39, 0.29) is 6.54 Å². The van der Waals surface area contributed by atoms with E-state index in [0.29, 0.717) is 0 Å². The van der Waals surface area contributed by atoms with Gasteiger partial charge in [0.2, 0.25) is 0 Å². The summed E-state index contributed by atoms with van der Waals surface area (Å²) >= 11 is 0. The molecule has 4 nitrogen and oxygen atoms in total. The van der Waals surface area contributed by atoms with Gasteiger partial charge in [-0.3, -0.25) is 4.79 Å². The van der Waals surface area contributed by atoms with Crippen LogP contribution in [0, 0.1) is 0 Å². The van der Waals surface area contributed by atoms with Crippen molar-refractivity contribution in [3.8, 4) is 0 Å². The second kappa shape index (κ2) is 8.73. The highest BCUT2D eigenvalue weighted by molar-refractivity contribution is 5.69. The molecule has 16 heavy (non-hydrogen) atoms. The van der Waals surface area contributed by atoms with Crippen molar-refractivity contribution in [3.63, 3.8) is 0 Å². The molecule has 0 saturated carbocycles. The van der Waals surface area contributed by atoms with Gasteiger partial charge in [0.15, 0.2) is 0 Å². The molecule has 0 aromatic rings. The molecule has 0 spiro atoms. The first-order valence-corrected chi connectivity index (χ1v) is 5.23. The van der Waals surface area contributed by atoms with Crippen molar-refractivity contribution in [2.45, 2.75) is 26.4 Å². The van der Waals surface area contributed by atoms with Crippen LogP contribution in [0.15, 0.2) is 36.7 Å². The van der Waals surface area contributed by atoms with Crippen molar-refractivity contribution in [2.75, 3.05) is 6.54 Å². The van der Waals surface area contributed by atoms with Gasteiger partial charge in [0.05, 0.1) is 6.10 Å². The standard InChI is InChI=1S/C12H19NO3/c1-3-4-8-13(10-12(15)16)9-6-5-7-11(2)14/h4-9,11,14H,3,10H2,1-2H3,(H,15,16)/b7-5+,8-4+,9-6-. The second-order valence-electron chi connectivity index (χ2n) is 3.33. The van der Waals surface area contributed by atoms with E-state index in [1.165, 1.54) is 0 Å². The summed E-state index contributed by atoms with van der Waals surface area (Å²) < 4.78 is 0. The molecule has 0 fully saturated rings. The van der Waals surface area contributed by atoms with Gasteiger partial charge >= 0.3 is 5.97 Å². The zero-order chi connectivity index (χ0) is 12.4. The maximum absolute atomic E-state index is 10.5. The highest BCUT2D eigenvalue weighted by atomic mass is 16.4. The molecule has 0 rings (SSSR count). The normalized spacial score (nSPS) is 13.9. The fourth-order valence-electron chi connectivity index (χ4n) is 0.937. The van der Waals surface area contributed by atoms with Crippen molar-refractivity contribution in [1.29, 1.82) is 0 Å². The summed E-state index contributed by atoms with van der Waals surface area (Å²) in [6.45, 7) is 3.55. The molecule has 0 radical (unpaired) electrons. The van der Waals surface area contributed by atoms with Crippen molar-refractivity contribution in [3.05, 3.63) is 36.7 Å². The molecule has 0 bridgehead atoms. The van der Waals surface area contributed by atoms with E-state index in [1.54, 1.807) is 42.5 Å². The Morgan fingerprint density at radius 3 is 2.56 bits per heavy atom. The van der Waals surface area contributed by atoms with Gasteiger partial charge in [0.25, 0.3) is 0 Å². The van der Waals surface area contributed by atoms with Crippen molar-refractivity contribution < 1.29 is 15.0 Å². The van der Waals surface area contributed by atoms with E-state index >= 15 is 0 Å². The van der Waals surface area contributed by atoms with Crippen molar-refractivity contribution in [1.82, 2.24) is 4.90 Å². The molecule has 2 N–H and O–H groups in total. The molecular formula is C12H19NO3. The van der Waals surface area contributed by atoms with E-state index < -0.39 is 12.1 Å². The smallest absolute Gasteiger partial charge is 0.323 e. The van der Waals surface area contributed by atoms with Crippen LogP contribution in [0.2, 0.25) is 0 Å². The topological polar surface area (TPSA) is 60.8 Å². The quantitative estimate of drug-likeness (QED) is 0.648. The number of hydrogen-bond acceptors (Lipinski definition) is 3. The Morgan fingerprint density at radius 2 is 2.06 bits per heavy atom. The van der Waals surface area contributed by atoms with Crippen LogP contribution in [0.1, 0.15) is 20.3 Å². The number of hydrogen-bond donors (Lipinski definition) is 2. The molecule has 0 aromatic carbocycles. The van der Waals surface area contributed by atoms with Crippen LogP contribution in [0.5, 0.6) is 0 Å². The average molecular weight is 225 g/mol. The summed E-state index contributed by atoms with van der Waals surface area (Å²) in [5.41, 5.74) is 0. The molecule has 0 heterocycles. The maximum atomic E-state index is 10.5. The molecular weight excluding hydrogens is 206 g/mol. The van der Waals surface area contributed by atoms with Gasteiger partial charge in [-0.15, -0.1) is 0 Å². The number of nitrogens with zero attached hydrogens (tertiary/aromatic N) is 1. The van der Waals surface area contributed by atoms with E-state index in [1.807, 2.05) is 13.0 Å². The first kappa shape index (κ1) is 14.5. The fourth-order valence-corrected chi connectivity index (χ4v) is 0.937. The summed E-state index contributed by atoms with van der Waals surface area (Å²) in [5.74, 6) is -0.884. The Labute approximate surface area is 96.2 Å².